The second-order valence-corrected chi connectivity index (χ2v) is 20.8. The van der Waals surface area contributed by atoms with Crippen LogP contribution in [0, 0.1) is 0 Å². The van der Waals surface area contributed by atoms with E-state index in [1.54, 1.807) is 0 Å². The van der Waals surface area contributed by atoms with Crippen LogP contribution in [0.15, 0.2) is 140 Å². The van der Waals surface area contributed by atoms with E-state index < -0.39 is 0 Å². The minimum absolute atomic E-state index is 0.0167. The Morgan fingerprint density at radius 3 is 1.71 bits per heavy atom. The molecule has 6 nitrogen and oxygen atoms in total. The van der Waals surface area contributed by atoms with Crippen molar-refractivity contribution in [1.82, 2.24) is 9.55 Å². The number of rotatable bonds is 10. The van der Waals surface area contributed by atoms with E-state index in [4.69, 9.17) is 14.5 Å². The highest BCUT2D eigenvalue weighted by molar-refractivity contribution is 6.09. The Morgan fingerprint density at radius 2 is 1.08 bits per heavy atom. The normalized spacial score (nSPS) is 13.2. The van der Waals surface area contributed by atoms with Crippen LogP contribution in [0.5, 0.6) is 23.0 Å². The fourth-order valence-electron chi connectivity index (χ4n) is 9.11. The van der Waals surface area contributed by atoms with Gasteiger partial charge >= 0.3 is 0 Å². The van der Waals surface area contributed by atoms with Crippen LogP contribution in [-0.2, 0) is 10.8 Å². The molecule has 6 aromatic carbocycles. The predicted octanol–water partition coefficient (Wildman–Crippen LogP) is 17.0. The van der Waals surface area contributed by atoms with Crippen molar-refractivity contribution in [1.29, 1.82) is 0 Å². The minimum atomic E-state index is 0.0167. The van der Waals surface area contributed by atoms with E-state index in [0.717, 1.165) is 56.3 Å². The van der Waals surface area contributed by atoms with Crippen LogP contribution < -0.4 is 19.3 Å². The summed E-state index contributed by atoms with van der Waals surface area (Å²) in [5.74, 6) is 5.04. The van der Waals surface area contributed by atoms with E-state index >= 15 is 0 Å². The van der Waals surface area contributed by atoms with Gasteiger partial charge in [-0.2, -0.15) is 0 Å². The predicted molar refractivity (Wildman–Crippen MR) is 273 cm³/mol. The summed E-state index contributed by atoms with van der Waals surface area (Å²) in [6.07, 6.45) is 1.85. The van der Waals surface area contributed by atoms with Gasteiger partial charge < -0.3 is 19.3 Å². The van der Waals surface area contributed by atoms with Gasteiger partial charge in [-0.1, -0.05) is 138 Å². The van der Waals surface area contributed by atoms with Gasteiger partial charge in [0.2, 0.25) is 0 Å². The molecule has 0 bridgehead atoms. The summed E-state index contributed by atoms with van der Waals surface area (Å²) in [5.41, 5.74) is 13.2. The van der Waals surface area contributed by atoms with E-state index in [0.29, 0.717) is 24.4 Å². The first-order chi connectivity index (χ1) is 30.9. The van der Waals surface area contributed by atoms with Crippen LogP contribution in [0.4, 0.5) is 22.7 Å². The first kappa shape index (κ1) is 43.7. The molecule has 0 N–H and O–H groups in total. The molecule has 6 heteroatoms. The van der Waals surface area contributed by atoms with Gasteiger partial charge in [0.15, 0.2) is 0 Å². The number of ether oxygens (including phenoxy) is 2. The summed E-state index contributed by atoms with van der Waals surface area (Å²) in [4.78, 5) is 9.79. The summed E-state index contributed by atoms with van der Waals surface area (Å²) in [6.45, 7) is 28.0. The summed E-state index contributed by atoms with van der Waals surface area (Å²) in [7, 11) is 0. The van der Waals surface area contributed by atoms with Crippen LogP contribution in [-0.4, -0.2) is 16.2 Å². The minimum Gasteiger partial charge on any atom is -0.457 e. The Hall–Kier alpha value is -6.53. The highest BCUT2D eigenvalue weighted by Crippen LogP contribution is 2.47. The van der Waals surface area contributed by atoms with E-state index in [2.05, 4.69) is 219 Å². The van der Waals surface area contributed by atoms with Gasteiger partial charge in [-0.25, -0.2) is 4.98 Å². The molecule has 0 spiro atoms. The number of nitrogens with zero attached hydrogens (tertiary/aromatic N) is 4. The van der Waals surface area contributed by atoms with Crippen molar-refractivity contribution in [2.24, 2.45) is 0 Å². The third-order valence-electron chi connectivity index (χ3n) is 13.0. The first-order valence-corrected chi connectivity index (χ1v) is 23.4. The average molecular weight is 861 g/mol. The van der Waals surface area contributed by atoms with Crippen molar-refractivity contribution < 1.29 is 9.47 Å². The van der Waals surface area contributed by atoms with E-state index in [9.17, 15) is 0 Å². The molecule has 0 radical (unpaired) electrons. The zero-order chi connectivity index (χ0) is 45.9. The lowest BCUT2D eigenvalue weighted by atomic mass is 9.80. The standard InChI is InChI=1S/C59H64N4O2/c1-37(2)40-28-50(38(3)4)57(51(29-40)39(5)6)65-47-26-27-60-56(35-47)63-52-21-14-13-20-48(52)49-25-24-46(34-55(49)63)64-45-19-17-18-43(33-45)61-36-62(54-23-16-15-22-53(54)61)44-31-41(58(7,8)9)30-42(32-44)59(10,11)12/h13-35,37-39H,36H2,1-12H3. The molecule has 0 saturated heterocycles. The molecular weight excluding hydrogens is 797 g/mol. The summed E-state index contributed by atoms with van der Waals surface area (Å²) < 4.78 is 15.9. The van der Waals surface area contributed by atoms with Crippen LogP contribution in [0.25, 0.3) is 27.6 Å². The monoisotopic (exact) mass is 861 g/mol. The van der Waals surface area contributed by atoms with Crippen molar-refractivity contribution in [2.45, 2.75) is 112 Å². The smallest absolute Gasteiger partial charge is 0.141 e. The number of hydrogen-bond donors (Lipinski definition) is 0. The molecule has 3 heterocycles. The summed E-state index contributed by atoms with van der Waals surface area (Å²) in [6, 6.07) is 47.9. The fourth-order valence-corrected chi connectivity index (χ4v) is 9.11. The highest BCUT2D eigenvalue weighted by Gasteiger charge is 2.30. The van der Waals surface area contributed by atoms with Gasteiger partial charge in [0.05, 0.1) is 22.4 Å². The summed E-state index contributed by atoms with van der Waals surface area (Å²) in [5, 5.41) is 2.28. The third kappa shape index (κ3) is 8.47. The molecule has 0 atom stereocenters. The highest BCUT2D eigenvalue weighted by atomic mass is 16.5. The third-order valence-corrected chi connectivity index (χ3v) is 13.0. The zero-order valence-electron chi connectivity index (χ0n) is 40.3. The Kier molecular flexibility index (Phi) is 11.3. The van der Waals surface area contributed by atoms with Crippen LogP contribution in [0.2, 0.25) is 0 Å². The number of para-hydroxylation sites is 3. The number of aromatic nitrogens is 2. The van der Waals surface area contributed by atoms with Gasteiger partial charge in [0.1, 0.15) is 35.5 Å². The average Bonchev–Trinajstić information content (AvgIpc) is 3.82. The van der Waals surface area contributed by atoms with Crippen LogP contribution in [0.3, 0.4) is 0 Å². The second kappa shape index (κ2) is 16.8. The van der Waals surface area contributed by atoms with E-state index in [1.807, 2.05) is 18.3 Å². The van der Waals surface area contributed by atoms with E-state index in [1.165, 1.54) is 44.9 Å². The lowest BCUT2D eigenvalue weighted by molar-refractivity contribution is 0.462. The van der Waals surface area contributed by atoms with Gasteiger partial charge in [-0.05, 0) is 117 Å². The molecule has 0 fully saturated rings. The van der Waals surface area contributed by atoms with Crippen molar-refractivity contribution in [2.75, 3.05) is 16.5 Å². The molecule has 0 saturated carbocycles. The molecule has 0 amide bonds. The van der Waals surface area contributed by atoms with Crippen molar-refractivity contribution in [3.8, 4) is 28.8 Å². The van der Waals surface area contributed by atoms with Crippen molar-refractivity contribution in [3.05, 3.63) is 167 Å². The Morgan fingerprint density at radius 1 is 0.492 bits per heavy atom. The molecule has 65 heavy (non-hydrogen) atoms. The molecule has 1 aliphatic rings. The number of fused-ring (bicyclic) bond motifs is 4. The van der Waals surface area contributed by atoms with Crippen molar-refractivity contribution >= 4 is 44.6 Å². The quantitative estimate of drug-likeness (QED) is 0.137. The lowest BCUT2D eigenvalue weighted by Crippen LogP contribution is -2.25. The van der Waals surface area contributed by atoms with Gasteiger partial charge in [0, 0.05) is 46.5 Å². The van der Waals surface area contributed by atoms with Gasteiger partial charge in [-0.3, -0.25) is 4.57 Å². The zero-order valence-corrected chi connectivity index (χ0v) is 40.3. The Balaban J connectivity index is 1.06. The number of benzene rings is 6. The first-order valence-electron chi connectivity index (χ1n) is 23.4. The molecule has 0 aliphatic carbocycles. The molecule has 332 valence electrons. The molecule has 2 aromatic heterocycles. The molecule has 8 aromatic rings. The van der Waals surface area contributed by atoms with Crippen LogP contribution in [0.1, 0.15) is 129 Å². The maximum Gasteiger partial charge on any atom is 0.141 e. The lowest BCUT2D eigenvalue weighted by Gasteiger charge is -2.29. The molecular formula is C59H64N4O2. The number of anilines is 4. The van der Waals surface area contributed by atoms with Gasteiger partial charge in [0.25, 0.3) is 0 Å². The maximum absolute atomic E-state index is 6.92. The van der Waals surface area contributed by atoms with Gasteiger partial charge in [-0.15, -0.1) is 0 Å². The Bertz CT molecular complexity index is 2990. The number of pyridine rings is 1. The van der Waals surface area contributed by atoms with Crippen LogP contribution >= 0.6 is 0 Å². The topological polar surface area (TPSA) is 42.8 Å². The largest absolute Gasteiger partial charge is 0.457 e. The number of hydrogen-bond acceptors (Lipinski definition) is 5. The maximum atomic E-state index is 6.92. The molecule has 9 rings (SSSR count). The Labute approximate surface area is 386 Å². The fraction of sp³-hybridized carbons (Fsp3) is 0.305. The van der Waals surface area contributed by atoms with E-state index in [-0.39, 0.29) is 10.8 Å². The summed E-state index contributed by atoms with van der Waals surface area (Å²) >= 11 is 0. The molecule has 1 aliphatic heterocycles. The SMILES string of the molecule is CC(C)c1cc(C(C)C)c(Oc2ccnc(-n3c4ccccc4c4ccc(Oc5cccc(N6CN(c7cc(C(C)(C)C)cc(C(C)(C)C)c7)c7ccccc76)c5)cc43)c2)c(C(C)C)c1. The molecule has 0 unspecified atom stereocenters. The second-order valence-electron chi connectivity index (χ2n) is 20.8. The van der Waals surface area contributed by atoms with Crippen molar-refractivity contribution in [3.63, 3.8) is 0 Å².